The zero-order chi connectivity index (χ0) is 9.46. The van der Waals surface area contributed by atoms with Crippen LogP contribution in [-0.2, 0) is 0 Å². The summed E-state index contributed by atoms with van der Waals surface area (Å²) in [5.74, 6) is 0. The Morgan fingerprint density at radius 2 is 1.58 bits per heavy atom. The summed E-state index contributed by atoms with van der Waals surface area (Å²) in [4.78, 5) is 22.0. The van der Waals surface area contributed by atoms with Crippen LogP contribution in [0.1, 0.15) is 0 Å². The Balaban J connectivity index is 3.23. The molecule has 0 N–H and O–H groups in total. The molecule has 0 aliphatic heterocycles. The number of rotatable bonds is 2. The van der Waals surface area contributed by atoms with Gasteiger partial charge in [0.1, 0.15) is 11.4 Å². The van der Waals surface area contributed by atoms with Gasteiger partial charge in [-0.15, -0.1) is 0 Å². The Morgan fingerprint density at radius 3 is 1.83 bits per heavy atom. The van der Waals surface area contributed by atoms with E-state index in [1.54, 1.807) is 13.0 Å². The van der Waals surface area contributed by atoms with E-state index in [1.807, 2.05) is 45.7 Å². The third-order valence-corrected chi connectivity index (χ3v) is 2.61. The fraction of sp³-hybridized carbons (Fsp3) is 0.200. The highest BCUT2D eigenvalue weighted by atomic mass is 127. The number of hydrogen-bond acceptors (Lipinski definition) is 4. The smallest absolute Gasteiger partial charge is 0.254 e. The third-order valence-electron chi connectivity index (χ3n) is 1.38. The minimum atomic E-state index is -0.419. The molecular formula is C5H5I2N2O2P. The zero-order valence-corrected chi connectivity index (χ0v) is 11.5. The summed E-state index contributed by atoms with van der Waals surface area (Å²) >= 11 is 3.89. The van der Waals surface area contributed by atoms with Crippen LogP contribution in [0.4, 0.5) is 11.4 Å². The number of hydrogen-bond donors (Lipinski definition) is 0. The van der Waals surface area contributed by atoms with Crippen molar-refractivity contribution in [2.75, 3.05) is 13.0 Å². The van der Waals surface area contributed by atoms with Crippen LogP contribution in [0.25, 0.3) is 0 Å². The monoisotopic (exact) mass is 410 g/mol. The number of anilines is 2. The molecule has 0 fully saturated rings. The standard InChI is InChI=1S/C5H5I2N2O2P/c1-8(6)2-3(9(7)12)5(11)4(2)10/h12H2,1H3. The van der Waals surface area contributed by atoms with Crippen LogP contribution in [0.15, 0.2) is 9.59 Å². The van der Waals surface area contributed by atoms with Crippen LogP contribution < -0.4 is 16.9 Å². The molecule has 1 atom stereocenters. The Kier molecular flexibility index (Phi) is 3.33. The lowest BCUT2D eigenvalue weighted by atomic mass is 10.2. The average molecular weight is 410 g/mol. The van der Waals surface area contributed by atoms with Gasteiger partial charge in [0.2, 0.25) is 0 Å². The lowest BCUT2D eigenvalue weighted by Crippen LogP contribution is -2.38. The molecule has 0 aromatic heterocycles. The predicted molar refractivity (Wildman–Crippen MR) is 70.0 cm³/mol. The highest BCUT2D eigenvalue weighted by molar-refractivity contribution is 14.1. The first-order chi connectivity index (χ1) is 5.46. The van der Waals surface area contributed by atoms with E-state index < -0.39 is 10.9 Å². The van der Waals surface area contributed by atoms with Gasteiger partial charge in [-0.3, -0.25) is 12.5 Å². The van der Waals surface area contributed by atoms with E-state index in [1.165, 1.54) is 0 Å². The molecule has 0 aliphatic carbocycles. The molecule has 12 heavy (non-hydrogen) atoms. The van der Waals surface area contributed by atoms with Crippen LogP contribution in [0.2, 0.25) is 0 Å². The molecule has 1 unspecified atom stereocenters. The molecule has 0 saturated heterocycles. The topological polar surface area (TPSA) is 40.6 Å². The van der Waals surface area contributed by atoms with Gasteiger partial charge in [0.25, 0.3) is 10.9 Å². The summed E-state index contributed by atoms with van der Waals surface area (Å²) in [6.07, 6.45) is 0. The molecule has 1 aromatic carbocycles. The van der Waals surface area contributed by atoms with E-state index in [2.05, 4.69) is 9.39 Å². The minimum absolute atomic E-state index is 0.411. The van der Waals surface area contributed by atoms with Crippen LogP contribution in [0.5, 0.6) is 0 Å². The first kappa shape index (κ1) is 10.6. The average Bonchev–Trinajstić information content (AvgIpc) is 1.96. The second kappa shape index (κ2) is 3.75. The molecule has 4 nitrogen and oxygen atoms in total. The highest BCUT2D eigenvalue weighted by Crippen LogP contribution is 2.30. The second-order valence-electron chi connectivity index (χ2n) is 2.14. The van der Waals surface area contributed by atoms with Gasteiger partial charge in [-0.25, -0.2) is 0 Å². The summed E-state index contributed by atoms with van der Waals surface area (Å²) in [6.45, 7) is 0. The summed E-state index contributed by atoms with van der Waals surface area (Å²) in [5.41, 5.74) is 0.0800. The van der Waals surface area contributed by atoms with Gasteiger partial charge in [-0.05, 0) is 9.39 Å². The molecule has 1 rings (SSSR count). The van der Waals surface area contributed by atoms with Gasteiger partial charge < -0.3 is 3.11 Å². The normalized spacial score (nSPS) is 10.3. The maximum Gasteiger partial charge on any atom is 0.254 e. The van der Waals surface area contributed by atoms with Crippen molar-refractivity contribution < 1.29 is 0 Å². The Bertz CT molecular complexity index is 334. The molecule has 7 heteroatoms. The van der Waals surface area contributed by atoms with E-state index in [-0.39, 0.29) is 0 Å². The SMILES string of the molecule is CN(I)c1c(N(P)I)c(=O)c1=O. The second-order valence-corrected chi connectivity index (χ2v) is 6.20. The third kappa shape index (κ3) is 1.60. The molecule has 1 aromatic rings. The van der Waals surface area contributed by atoms with Gasteiger partial charge in [0.15, 0.2) is 0 Å². The van der Waals surface area contributed by atoms with Crippen LogP contribution in [-0.4, -0.2) is 7.05 Å². The fourth-order valence-corrected chi connectivity index (χ4v) is 1.99. The van der Waals surface area contributed by atoms with Crippen molar-refractivity contribution in [2.24, 2.45) is 0 Å². The molecule has 0 heterocycles. The van der Waals surface area contributed by atoms with E-state index in [4.69, 9.17) is 0 Å². The Morgan fingerprint density at radius 1 is 1.17 bits per heavy atom. The van der Waals surface area contributed by atoms with E-state index >= 15 is 0 Å². The van der Waals surface area contributed by atoms with Crippen molar-refractivity contribution in [2.45, 2.75) is 0 Å². The summed E-state index contributed by atoms with van der Waals surface area (Å²) < 4.78 is 3.17. The zero-order valence-electron chi connectivity index (χ0n) is 6.04. The molecule has 0 saturated carbocycles. The molecule has 66 valence electrons. The van der Waals surface area contributed by atoms with Crippen molar-refractivity contribution in [3.63, 3.8) is 0 Å². The molecular weight excluding hydrogens is 405 g/mol. The fourth-order valence-electron chi connectivity index (χ4n) is 0.852. The van der Waals surface area contributed by atoms with Crippen LogP contribution in [0, 0.1) is 0 Å². The van der Waals surface area contributed by atoms with Crippen molar-refractivity contribution in [3.8, 4) is 0 Å². The van der Waals surface area contributed by atoms with Gasteiger partial charge in [-0.1, -0.05) is 0 Å². The minimum Gasteiger partial charge on any atom is -0.312 e. The molecule has 0 spiro atoms. The first-order valence-electron chi connectivity index (χ1n) is 2.90. The maximum absolute atomic E-state index is 11.0. The lowest BCUT2D eigenvalue weighted by Gasteiger charge is -2.19. The quantitative estimate of drug-likeness (QED) is 0.316. The van der Waals surface area contributed by atoms with Crippen molar-refractivity contribution in [3.05, 3.63) is 20.4 Å². The van der Waals surface area contributed by atoms with Crippen LogP contribution in [0.3, 0.4) is 0 Å². The largest absolute Gasteiger partial charge is 0.312 e. The summed E-state index contributed by atoms with van der Waals surface area (Å²) in [7, 11) is 4.06. The molecule has 0 radical (unpaired) electrons. The number of nitrogens with zero attached hydrogens (tertiary/aromatic N) is 2. The summed E-state index contributed by atoms with van der Waals surface area (Å²) in [6, 6.07) is 0. The van der Waals surface area contributed by atoms with E-state index in [9.17, 15) is 9.59 Å². The van der Waals surface area contributed by atoms with Gasteiger partial charge in [-0.2, -0.15) is 0 Å². The van der Waals surface area contributed by atoms with Crippen LogP contribution >= 0.6 is 55.1 Å². The Labute approximate surface area is 99.2 Å². The number of halogens is 2. The predicted octanol–water partition coefficient (Wildman–Crippen LogP) is 1.02. The van der Waals surface area contributed by atoms with Crippen molar-refractivity contribution in [1.29, 1.82) is 0 Å². The molecule has 0 bridgehead atoms. The molecule has 0 amide bonds. The van der Waals surface area contributed by atoms with E-state index in [0.717, 1.165) is 0 Å². The van der Waals surface area contributed by atoms with Crippen molar-refractivity contribution >= 4 is 66.5 Å². The van der Waals surface area contributed by atoms with Gasteiger partial charge in [0, 0.05) is 7.05 Å². The van der Waals surface area contributed by atoms with Gasteiger partial charge in [0.05, 0.1) is 45.7 Å². The summed E-state index contributed by atoms with van der Waals surface area (Å²) in [5, 5.41) is 0. The molecule has 0 aliphatic rings. The van der Waals surface area contributed by atoms with Gasteiger partial charge >= 0.3 is 0 Å². The Hall–Kier alpha value is 0.570. The van der Waals surface area contributed by atoms with E-state index in [0.29, 0.717) is 11.4 Å². The highest BCUT2D eigenvalue weighted by Gasteiger charge is 2.25. The first-order valence-corrected chi connectivity index (χ1v) is 5.35. The van der Waals surface area contributed by atoms with Crippen molar-refractivity contribution in [1.82, 2.24) is 0 Å². The lowest BCUT2D eigenvalue weighted by molar-refractivity contribution is 1.29. The maximum atomic E-state index is 11.0.